The van der Waals surface area contributed by atoms with E-state index in [1.807, 2.05) is 6.92 Å². The SMILES string of the molecule is COc1cccc(C(O)CNC(=O)CCn2nc(C)c(C(C)=O)c2C)n1. The summed E-state index contributed by atoms with van der Waals surface area (Å²) in [7, 11) is 1.50. The van der Waals surface area contributed by atoms with Crippen LogP contribution in [0.5, 0.6) is 5.88 Å². The van der Waals surface area contributed by atoms with Crippen LogP contribution in [0.2, 0.25) is 0 Å². The predicted octanol–water partition coefficient (Wildman–Crippen LogP) is 1.35. The topological polar surface area (TPSA) is 106 Å². The van der Waals surface area contributed by atoms with Crippen LogP contribution in [0.4, 0.5) is 0 Å². The van der Waals surface area contributed by atoms with Crippen molar-refractivity contribution in [2.45, 2.75) is 39.8 Å². The molecule has 0 aliphatic heterocycles. The predicted molar refractivity (Wildman–Crippen MR) is 95.1 cm³/mol. The Bertz CT molecular complexity index is 800. The zero-order chi connectivity index (χ0) is 19.3. The van der Waals surface area contributed by atoms with Crippen molar-refractivity contribution < 1.29 is 19.4 Å². The summed E-state index contributed by atoms with van der Waals surface area (Å²) in [5.74, 6) is 0.146. The lowest BCUT2D eigenvalue weighted by Gasteiger charge is -2.12. The Balaban J connectivity index is 1.87. The van der Waals surface area contributed by atoms with Gasteiger partial charge in [-0.05, 0) is 26.8 Å². The number of methoxy groups -OCH3 is 1. The van der Waals surface area contributed by atoms with Crippen molar-refractivity contribution in [3.63, 3.8) is 0 Å². The first-order valence-corrected chi connectivity index (χ1v) is 8.34. The maximum Gasteiger partial charge on any atom is 0.221 e. The first-order chi connectivity index (χ1) is 12.3. The average molecular weight is 360 g/mol. The van der Waals surface area contributed by atoms with Gasteiger partial charge < -0.3 is 15.2 Å². The molecule has 0 aromatic carbocycles. The molecule has 0 saturated carbocycles. The molecule has 26 heavy (non-hydrogen) atoms. The van der Waals surface area contributed by atoms with Crippen molar-refractivity contribution >= 4 is 11.7 Å². The number of aliphatic hydroxyl groups is 1. The van der Waals surface area contributed by atoms with Gasteiger partial charge in [-0.1, -0.05) is 6.07 Å². The van der Waals surface area contributed by atoms with Gasteiger partial charge in [0, 0.05) is 31.3 Å². The number of rotatable bonds is 8. The number of Topliss-reactive ketones (excluding diaryl/α,β-unsaturated/α-hetero) is 1. The van der Waals surface area contributed by atoms with Gasteiger partial charge in [0.1, 0.15) is 6.10 Å². The molecule has 2 N–H and O–H groups in total. The fraction of sp³-hybridized carbons (Fsp3) is 0.444. The minimum atomic E-state index is -0.924. The maximum atomic E-state index is 12.0. The number of aromatic nitrogens is 3. The van der Waals surface area contributed by atoms with Crippen molar-refractivity contribution in [2.24, 2.45) is 0 Å². The number of pyridine rings is 1. The van der Waals surface area contributed by atoms with Gasteiger partial charge in [-0.25, -0.2) is 4.98 Å². The lowest BCUT2D eigenvalue weighted by Crippen LogP contribution is -2.29. The Morgan fingerprint density at radius 3 is 2.69 bits per heavy atom. The highest BCUT2D eigenvalue weighted by atomic mass is 16.5. The molecule has 0 fully saturated rings. The molecule has 2 rings (SSSR count). The number of ether oxygens (including phenoxy) is 1. The van der Waals surface area contributed by atoms with Crippen LogP contribution < -0.4 is 10.1 Å². The van der Waals surface area contributed by atoms with Crippen LogP contribution in [0, 0.1) is 13.8 Å². The summed E-state index contributed by atoms with van der Waals surface area (Å²) in [6.07, 6.45) is -0.732. The van der Waals surface area contributed by atoms with E-state index in [2.05, 4.69) is 15.4 Å². The molecule has 0 saturated heterocycles. The number of aliphatic hydroxyl groups excluding tert-OH is 1. The van der Waals surface area contributed by atoms with Crippen LogP contribution in [0.25, 0.3) is 0 Å². The van der Waals surface area contributed by atoms with Gasteiger partial charge in [0.25, 0.3) is 0 Å². The number of hydrogen-bond donors (Lipinski definition) is 2. The van der Waals surface area contributed by atoms with Gasteiger partial charge in [-0.15, -0.1) is 0 Å². The Morgan fingerprint density at radius 2 is 2.08 bits per heavy atom. The van der Waals surface area contributed by atoms with E-state index in [0.717, 1.165) is 5.69 Å². The minimum Gasteiger partial charge on any atom is -0.481 e. The van der Waals surface area contributed by atoms with Crippen molar-refractivity contribution in [3.8, 4) is 5.88 Å². The molecule has 1 atom stereocenters. The van der Waals surface area contributed by atoms with Gasteiger partial charge in [0.05, 0.1) is 24.1 Å². The summed E-state index contributed by atoms with van der Waals surface area (Å²) in [5, 5.41) is 17.1. The van der Waals surface area contributed by atoms with Crippen LogP contribution in [-0.2, 0) is 11.3 Å². The second-order valence-electron chi connectivity index (χ2n) is 6.00. The number of carbonyl (C=O) groups is 2. The van der Waals surface area contributed by atoms with Crippen LogP contribution in [-0.4, -0.2) is 45.2 Å². The van der Waals surface area contributed by atoms with Crippen molar-refractivity contribution in [3.05, 3.63) is 40.8 Å². The van der Waals surface area contributed by atoms with Crippen LogP contribution in [0.3, 0.4) is 0 Å². The fourth-order valence-corrected chi connectivity index (χ4v) is 2.77. The van der Waals surface area contributed by atoms with Crippen molar-refractivity contribution in [2.75, 3.05) is 13.7 Å². The quantitative estimate of drug-likeness (QED) is 0.688. The molecule has 0 spiro atoms. The lowest BCUT2D eigenvalue weighted by molar-refractivity contribution is -0.121. The zero-order valence-electron chi connectivity index (χ0n) is 15.4. The largest absolute Gasteiger partial charge is 0.481 e. The van der Waals surface area contributed by atoms with E-state index in [0.29, 0.717) is 29.4 Å². The van der Waals surface area contributed by atoms with E-state index in [9.17, 15) is 14.7 Å². The Labute approximate surface area is 152 Å². The highest BCUT2D eigenvalue weighted by molar-refractivity contribution is 5.96. The van der Waals surface area contributed by atoms with Crippen molar-refractivity contribution in [1.82, 2.24) is 20.1 Å². The number of nitrogens with one attached hydrogen (secondary N) is 1. The molecular formula is C18H24N4O4. The maximum absolute atomic E-state index is 12.0. The average Bonchev–Trinajstić information content (AvgIpc) is 2.91. The number of aryl methyl sites for hydroxylation is 2. The summed E-state index contributed by atoms with van der Waals surface area (Å²) in [6, 6.07) is 5.07. The monoisotopic (exact) mass is 360 g/mol. The smallest absolute Gasteiger partial charge is 0.221 e. The van der Waals surface area contributed by atoms with Gasteiger partial charge in [-0.3, -0.25) is 14.3 Å². The molecule has 0 aliphatic rings. The molecule has 2 aromatic heterocycles. The second-order valence-corrected chi connectivity index (χ2v) is 6.00. The van der Waals surface area contributed by atoms with Gasteiger partial charge >= 0.3 is 0 Å². The van der Waals surface area contributed by atoms with Gasteiger partial charge in [-0.2, -0.15) is 5.10 Å². The number of amides is 1. The molecule has 1 amide bonds. The van der Waals surface area contributed by atoms with Crippen molar-refractivity contribution in [1.29, 1.82) is 0 Å². The summed E-state index contributed by atoms with van der Waals surface area (Å²) in [6.45, 7) is 5.50. The molecule has 1 unspecified atom stereocenters. The van der Waals surface area contributed by atoms with E-state index in [1.165, 1.54) is 14.0 Å². The van der Waals surface area contributed by atoms with Crippen LogP contribution in [0.1, 0.15) is 46.9 Å². The lowest BCUT2D eigenvalue weighted by atomic mass is 10.1. The molecule has 0 aliphatic carbocycles. The summed E-state index contributed by atoms with van der Waals surface area (Å²) >= 11 is 0. The van der Waals surface area contributed by atoms with E-state index in [4.69, 9.17) is 4.74 Å². The molecule has 140 valence electrons. The molecule has 0 radical (unpaired) electrons. The number of hydrogen-bond acceptors (Lipinski definition) is 6. The Morgan fingerprint density at radius 1 is 1.35 bits per heavy atom. The zero-order valence-corrected chi connectivity index (χ0v) is 15.4. The molecule has 8 heteroatoms. The first kappa shape index (κ1) is 19.6. The highest BCUT2D eigenvalue weighted by Gasteiger charge is 2.16. The normalized spacial score (nSPS) is 11.9. The summed E-state index contributed by atoms with van der Waals surface area (Å²) < 4.78 is 6.67. The van der Waals surface area contributed by atoms with Crippen LogP contribution >= 0.6 is 0 Å². The van der Waals surface area contributed by atoms with Gasteiger partial charge in [0.2, 0.25) is 11.8 Å². The van der Waals surface area contributed by atoms with E-state index < -0.39 is 6.10 Å². The van der Waals surface area contributed by atoms with E-state index >= 15 is 0 Å². The molecular weight excluding hydrogens is 336 g/mol. The van der Waals surface area contributed by atoms with E-state index in [-0.39, 0.29) is 24.7 Å². The summed E-state index contributed by atoms with van der Waals surface area (Å²) in [5.41, 5.74) is 2.44. The van der Waals surface area contributed by atoms with E-state index in [1.54, 1.807) is 29.8 Å². The molecule has 2 aromatic rings. The molecule has 0 bridgehead atoms. The first-order valence-electron chi connectivity index (χ1n) is 8.34. The Hall–Kier alpha value is -2.74. The minimum absolute atomic E-state index is 0.0374. The second kappa shape index (κ2) is 8.57. The number of ketones is 1. The van der Waals surface area contributed by atoms with Crippen LogP contribution in [0.15, 0.2) is 18.2 Å². The third kappa shape index (κ3) is 4.66. The summed E-state index contributed by atoms with van der Waals surface area (Å²) in [4.78, 5) is 27.8. The highest BCUT2D eigenvalue weighted by Crippen LogP contribution is 2.15. The Kier molecular flexibility index (Phi) is 6.46. The third-order valence-corrected chi connectivity index (χ3v) is 4.07. The van der Waals surface area contributed by atoms with Gasteiger partial charge in [0.15, 0.2) is 5.78 Å². The molecule has 8 nitrogen and oxygen atoms in total. The molecule has 2 heterocycles. The standard InChI is InChI=1S/C18H24N4O4/c1-11-18(13(3)23)12(2)22(21-11)9-8-16(25)19-10-15(24)14-6-5-7-17(20-14)26-4/h5-7,15,24H,8-10H2,1-4H3,(H,19,25). The number of carbonyl (C=O) groups excluding carboxylic acids is 2. The number of nitrogens with zero attached hydrogens (tertiary/aromatic N) is 3. The third-order valence-electron chi connectivity index (χ3n) is 4.07. The fourth-order valence-electron chi connectivity index (χ4n) is 2.77.